The highest BCUT2D eigenvalue weighted by Gasteiger charge is 2.33. The highest BCUT2D eigenvalue weighted by Crippen LogP contribution is 2.19. The average Bonchev–Trinajstić information content (AvgIpc) is 2.35. The summed E-state index contributed by atoms with van der Waals surface area (Å²) in [5.74, 6) is -0.989. The smallest absolute Gasteiger partial charge is 0.328 e. The molecule has 0 atom stereocenters. The average molecular weight is 344 g/mol. The van der Waals surface area contributed by atoms with E-state index in [9.17, 15) is 26.4 Å². The van der Waals surface area contributed by atoms with E-state index in [2.05, 4.69) is 0 Å². The van der Waals surface area contributed by atoms with Crippen molar-refractivity contribution in [2.45, 2.75) is 11.1 Å². The molecule has 1 aromatic carbocycles. The zero-order chi connectivity index (χ0) is 16.3. The van der Waals surface area contributed by atoms with E-state index in [-0.39, 0.29) is 22.9 Å². The lowest BCUT2D eigenvalue weighted by Crippen LogP contribution is -2.40. The van der Waals surface area contributed by atoms with Crippen molar-refractivity contribution in [3.8, 4) is 0 Å². The summed E-state index contributed by atoms with van der Waals surface area (Å²) in [5, 5.41) is 0. The number of rotatable bonds is 5. The zero-order valence-corrected chi connectivity index (χ0v) is 12.6. The molecule has 0 aliphatic rings. The molecule has 0 aromatic heterocycles. The van der Waals surface area contributed by atoms with Crippen molar-refractivity contribution in [1.29, 1.82) is 0 Å². The molecule has 0 radical (unpaired) electrons. The van der Waals surface area contributed by atoms with Gasteiger partial charge < -0.3 is 4.90 Å². The molecule has 0 saturated heterocycles. The van der Waals surface area contributed by atoms with Gasteiger partial charge in [0.15, 0.2) is 9.84 Å². The Kier molecular flexibility index (Phi) is 5.63. The Morgan fingerprint density at radius 3 is 2.14 bits per heavy atom. The minimum absolute atomic E-state index is 0.0150. The van der Waals surface area contributed by atoms with Crippen LogP contribution in [-0.4, -0.2) is 50.6 Å². The van der Waals surface area contributed by atoms with Gasteiger partial charge in [-0.3, -0.25) is 4.79 Å². The number of hydrogen-bond acceptors (Lipinski definition) is 3. The van der Waals surface area contributed by atoms with Crippen molar-refractivity contribution in [3.63, 3.8) is 0 Å². The topological polar surface area (TPSA) is 54.5 Å². The molecule has 0 unspecified atom stereocenters. The predicted octanol–water partition coefficient (Wildman–Crippen LogP) is 2.33. The van der Waals surface area contributed by atoms with Crippen LogP contribution < -0.4 is 0 Å². The second-order valence-corrected chi connectivity index (χ2v) is 6.72. The monoisotopic (exact) mass is 343 g/mol. The van der Waals surface area contributed by atoms with Crippen LogP contribution in [0.2, 0.25) is 0 Å². The quantitative estimate of drug-likeness (QED) is 0.771. The lowest BCUT2D eigenvalue weighted by molar-refractivity contribution is -0.140. The van der Waals surface area contributed by atoms with E-state index in [0.717, 1.165) is 6.26 Å². The van der Waals surface area contributed by atoms with Gasteiger partial charge in [-0.05, 0) is 24.3 Å². The van der Waals surface area contributed by atoms with Crippen LogP contribution in [0.4, 0.5) is 13.2 Å². The molecule has 9 heteroatoms. The van der Waals surface area contributed by atoms with Crippen molar-refractivity contribution in [2.24, 2.45) is 0 Å². The molecule has 0 spiro atoms. The summed E-state index contributed by atoms with van der Waals surface area (Å²) in [6, 6.07) is 4.71. The molecule has 0 N–H and O–H groups in total. The van der Waals surface area contributed by atoms with Gasteiger partial charge in [0.2, 0.25) is 0 Å². The normalized spacial score (nSPS) is 12.2. The second-order valence-electron chi connectivity index (χ2n) is 4.33. The van der Waals surface area contributed by atoms with E-state index in [1.807, 2.05) is 0 Å². The molecule has 0 fully saturated rings. The number of carbonyl (C=O) groups excluding carboxylic acids is 1. The van der Waals surface area contributed by atoms with Crippen LogP contribution in [0.25, 0.3) is 0 Å². The fraction of sp³-hybridized carbons (Fsp3) is 0.417. The number of benzene rings is 1. The molecule has 21 heavy (non-hydrogen) atoms. The van der Waals surface area contributed by atoms with Gasteiger partial charge in [0, 0.05) is 24.2 Å². The first-order valence-corrected chi connectivity index (χ1v) is 8.19. The van der Waals surface area contributed by atoms with Gasteiger partial charge in [-0.25, -0.2) is 8.42 Å². The Hall–Kier alpha value is -1.28. The van der Waals surface area contributed by atoms with Crippen LogP contribution >= 0.6 is 11.6 Å². The first-order chi connectivity index (χ1) is 9.54. The second kappa shape index (κ2) is 6.65. The van der Waals surface area contributed by atoms with Crippen molar-refractivity contribution in [2.75, 3.05) is 25.2 Å². The van der Waals surface area contributed by atoms with E-state index in [4.69, 9.17) is 11.6 Å². The molecule has 0 heterocycles. The molecule has 0 bridgehead atoms. The Balaban J connectivity index is 2.99. The Morgan fingerprint density at radius 1 is 1.24 bits per heavy atom. The van der Waals surface area contributed by atoms with Crippen LogP contribution in [0.1, 0.15) is 10.4 Å². The van der Waals surface area contributed by atoms with Crippen molar-refractivity contribution < 1.29 is 26.4 Å². The maximum atomic E-state index is 12.4. The lowest BCUT2D eigenvalue weighted by atomic mass is 10.2. The minimum atomic E-state index is -4.53. The van der Waals surface area contributed by atoms with Gasteiger partial charge in [0.1, 0.15) is 6.54 Å². The first-order valence-electron chi connectivity index (χ1n) is 5.77. The molecule has 1 aromatic rings. The Labute approximate surface area is 125 Å². The van der Waals surface area contributed by atoms with E-state index in [1.165, 1.54) is 24.3 Å². The number of halogens is 4. The number of alkyl halides is 4. The summed E-state index contributed by atoms with van der Waals surface area (Å²) in [7, 11) is -3.43. The molecule has 118 valence electrons. The van der Waals surface area contributed by atoms with Crippen LogP contribution in [0.15, 0.2) is 29.2 Å². The highest BCUT2D eigenvalue weighted by molar-refractivity contribution is 7.90. The number of sulfone groups is 1. The molecule has 1 rings (SSSR count). The van der Waals surface area contributed by atoms with Gasteiger partial charge in [-0.15, -0.1) is 11.6 Å². The lowest BCUT2D eigenvalue weighted by Gasteiger charge is -2.23. The van der Waals surface area contributed by atoms with Crippen LogP contribution in [0.5, 0.6) is 0 Å². The summed E-state index contributed by atoms with van der Waals surface area (Å²) in [6.45, 7) is -1.67. The summed E-state index contributed by atoms with van der Waals surface area (Å²) in [4.78, 5) is 12.5. The molecular formula is C12H13ClF3NO3S. The Morgan fingerprint density at radius 2 is 1.76 bits per heavy atom. The predicted molar refractivity (Wildman–Crippen MR) is 72.2 cm³/mol. The summed E-state index contributed by atoms with van der Waals surface area (Å²) in [6.07, 6.45) is -3.54. The maximum Gasteiger partial charge on any atom is 0.406 e. The van der Waals surface area contributed by atoms with Crippen LogP contribution in [0.3, 0.4) is 0 Å². The van der Waals surface area contributed by atoms with Crippen molar-refractivity contribution >= 4 is 27.3 Å². The van der Waals surface area contributed by atoms with E-state index in [0.29, 0.717) is 4.90 Å². The third-order valence-corrected chi connectivity index (χ3v) is 3.84. The summed E-state index contributed by atoms with van der Waals surface area (Å²) in [5.41, 5.74) is -0.0308. The van der Waals surface area contributed by atoms with Crippen LogP contribution in [-0.2, 0) is 9.84 Å². The van der Waals surface area contributed by atoms with Gasteiger partial charge in [-0.1, -0.05) is 0 Å². The standard InChI is InChI=1S/C12H13ClF3NO3S/c1-21(19,20)10-4-2-9(3-5-10)11(18)17(7-6-13)8-12(14,15)16/h2-5H,6-8H2,1H3. The largest absolute Gasteiger partial charge is 0.406 e. The van der Waals surface area contributed by atoms with Crippen molar-refractivity contribution in [3.05, 3.63) is 29.8 Å². The number of amides is 1. The van der Waals surface area contributed by atoms with E-state index >= 15 is 0 Å². The third-order valence-electron chi connectivity index (χ3n) is 2.54. The maximum absolute atomic E-state index is 12.4. The highest BCUT2D eigenvalue weighted by atomic mass is 35.5. The SMILES string of the molecule is CS(=O)(=O)c1ccc(C(=O)N(CCCl)CC(F)(F)F)cc1. The van der Waals surface area contributed by atoms with Gasteiger partial charge in [-0.2, -0.15) is 13.2 Å². The molecule has 0 aliphatic heterocycles. The molecule has 0 saturated carbocycles. The Bertz CT molecular complexity index is 599. The van der Waals surface area contributed by atoms with Gasteiger partial charge in [0.05, 0.1) is 4.90 Å². The fourth-order valence-electron chi connectivity index (χ4n) is 1.60. The minimum Gasteiger partial charge on any atom is -0.328 e. The molecule has 4 nitrogen and oxygen atoms in total. The first kappa shape index (κ1) is 17.8. The molecule has 0 aliphatic carbocycles. The number of nitrogens with zero attached hydrogens (tertiary/aromatic N) is 1. The fourth-order valence-corrected chi connectivity index (χ4v) is 2.43. The molecular weight excluding hydrogens is 331 g/mol. The van der Waals surface area contributed by atoms with Gasteiger partial charge in [0.25, 0.3) is 5.91 Å². The molecule has 1 amide bonds. The number of hydrogen-bond donors (Lipinski definition) is 0. The van der Waals surface area contributed by atoms with E-state index < -0.39 is 28.5 Å². The van der Waals surface area contributed by atoms with Crippen LogP contribution in [0, 0.1) is 0 Å². The third kappa shape index (κ3) is 5.55. The van der Waals surface area contributed by atoms with Crippen molar-refractivity contribution in [1.82, 2.24) is 4.90 Å². The summed E-state index contributed by atoms with van der Waals surface area (Å²) < 4.78 is 59.8. The van der Waals surface area contributed by atoms with Gasteiger partial charge >= 0.3 is 6.18 Å². The zero-order valence-electron chi connectivity index (χ0n) is 11.0. The summed E-state index contributed by atoms with van der Waals surface area (Å²) >= 11 is 5.40. The van der Waals surface area contributed by atoms with E-state index in [1.54, 1.807) is 0 Å². The number of carbonyl (C=O) groups is 1.